The lowest BCUT2D eigenvalue weighted by molar-refractivity contribution is 0.403. The van der Waals surface area contributed by atoms with Crippen LogP contribution in [-0.4, -0.2) is 52.3 Å². The van der Waals surface area contributed by atoms with Gasteiger partial charge in [0.2, 0.25) is 10.0 Å². The highest BCUT2D eigenvalue weighted by Gasteiger charge is 2.23. The molecular formula is C19H21N7O2S. The van der Waals surface area contributed by atoms with Gasteiger partial charge in [-0.3, -0.25) is 4.72 Å². The molecule has 1 fully saturated rings. The van der Waals surface area contributed by atoms with Gasteiger partial charge in [-0.1, -0.05) is 0 Å². The Kier molecular flexibility index (Phi) is 4.16. The lowest BCUT2D eigenvalue weighted by Gasteiger charge is -2.33. The Balaban J connectivity index is 1.33. The molecule has 0 spiro atoms. The molecule has 0 saturated carbocycles. The standard InChI is InChI=1S/C19H21N7O2S/c1-29(27,28)24-13-2-3-17(21-10-13)25-8-5-14(6-9-25)26-12-23-16-11-22-19-15(18(16)26)4-7-20-19/h2-4,7,10-12,14,24H,5-6,8-9H2,1H3,(H,20,22). The van der Waals surface area contributed by atoms with Gasteiger partial charge in [0, 0.05) is 30.7 Å². The van der Waals surface area contributed by atoms with Crippen molar-refractivity contribution in [3.05, 3.63) is 43.1 Å². The van der Waals surface area contributed by atoms with Gasteiger partial charge in [-0.15, -0.1) is 0 Å². The van der Waals surface area contributed by atoms with Gasteiger partial charge in [-0.25, -0.2) is 23.4 Å². The molecule has 4 aromatic heterocycles. The maximum atomic E-state index is 11.3. The van der Waals surface area contributed by atoms with E-state index in [-0.39, 0.29) is 0 Å². The zero-order valence-corrected chi connectivity index (χ0v) is 16.7. The van der Waals surface area contributed by atoms with Crippen molar-refractivity contribution in [2.45, 2.75) is 18.9 Å². The molecule has 5 heterocycles. The number of aromatic nitrogens is 5. The number of hydrogen-bond donors (Lipinski definition) is 2. The van der Waals surface area contributed by atoms with Crippen LogP contribution in [-0.2, 0) is 10.0 Å². The van der Waals surface area contributed by atoms with E-state index in [9.17, 15) is 8.42 Å². The Morgan fingerprint density at radius 2 is 1.93 bits per heavy atom. The number of pyridine rings is 2. The summed E-state index contributed by atoms with van der Waals surface area (Å²) in [5, 5.41) is 1.10. The second-order valence-electron chi connectivity index (χ2n) is 7.38. The zero-order chi connectivity index (χ0) is 20.0. The molecule has 1 aliphatic heterocycles. The molecular weight excluding hydrogens is 390 g/mol. The minimum atomic E-state index is -3.30. The number of fused-ring (bicyclic) bond motifs is 3. The molecule has 5 rings (SSSR count). The van der Waals surface area contributed by atoms with Crippen LogP contribution in [0.2, 0.25) is 0 Å². The molecule has 0 aliphatic carbocycles. The maximum Gasteiger partial charge on any atom is 0.229 e. The van der Waals surface area contributed by atoms with Gasteiger partial charge in [-0.2, -0.15) is 0 Å². The molecule has 1 saturated heterocycles. The molecule has 9 nitrogen and oxygen atoms in total. The van der Waals surface area contributed by atoms with Crippen LogP contribution in [0.3, 0.4) is 0 Å². The Hall–Kier alpha value is -3.14. The molecule has 0 amide bonds. The summed E-state index contributed by atoms with van der Waals surface area (Å²) in [5.74, 6) is 0.857. The number of nitrogens with one attached hydrogen (secondary N) is 2. The van der Waals surface area contributed by atoms with E-state index in [0.717, 1.165) is 60.1 Å². The minimum Gasteiger partial charge on any atom is -0.356 e. The summed E-state index contributed by atoms with van der Waals surface area (Å²) in [5.41, 5.74) is 3.39. The number of piperidine rings is 1. The summed E-state index contributed by atoms with van der Waals surface area (Å²) < 4.78 is 27.4. The van der Waals surface area contributed by atoms with Crippen LogP contribution >= 0.6 is 0 Å². The number of sulfonamides is 1. The minimum absolute atomic E-state index is 0.364. The summed E-state index contributed by atoms with van der Waals surface area (Å²) >= 11 is 0. The predicted molar refractivity (Wildman–Crippen MR) is 113 cm³/mol. The largest absolute Gasteiger partial charge is 0.356 e. The molecule has 0 atom stereocenters. The number of nitrogens with zero attached hydrogens (tertiary/aromatic N) is 5. The molecule has 0 radical (unpaired) electrons. The van der Waals surface area contributed by atoms with Crippen LogP contribution in [0.4, 0.5) is 11.5 Å². The summed E-state index contributed by atoms with van der Waals surface area (Å²) in [4.78, 5) is 18.8. The molecule has 4 aromatic rings. The molecule has 1 aliphatic rings. The van der Waals surface area contributed by atoms with E-state index in [1.165, 1.54) is 0 Å². The third kappa shape index (κ3) is 3.39. The number of aromatic amines is 1. The second-order valence-corrected chi connectivity index (χ2v) is 9.13. The highest BCUT2D eigenvalue weighted by Crippen LogP contribution is 2.31. The Bertz CT molecular complexity index is 1270. The van der Waals surface area contributed by atoms with Crippen molar-refractivity contribution in [2.24, 2.45) is 0 Å². The summed E-state index contributed by atoms with van der Waals surface area (Å²) in [6.45, 7) is 1.75. The monoisotopic (exact) mass is 411 g/mol. The number of H-pyrrole nitrogens is 1. The molecule has 2 N–H and O–H groups in total. The fourth-order valence-electron chi connectivity index (χ4n) is 4.03. The van der Waals surface area contributed by atoms with E-state index < -0.39 is 10.0 Å². The Morgan fingerprint density at radius 1 is 1.10 bits per heavy atom. The van der Waals surface area contributed by atoms with E-state index in [4.69, 9.17) is 0 Å². The van der Waals surface area contributed by atoms with Gasteiger partial charge in [0.15, 0.2) is 0 Å². The molecule has 10 heteroatoms. The Morgan fingerprint density at radius 3 is 2.66 bits per heavy atom. The SMILES string of the molecule is CS(=O)(=O)Nc1ccc(N2CCC(n3cnc4cnc5[nH]ccc5c43)CC2)nc1. The van der Waals surface area contributed by atoms with Crippen LogP contribution in [0.25, 0.3) is 22.1 Å². The maximum absolute atomic E-state index is 11.3. The van der Waals surface area contributed by atoms with Gasteiger partial charge in [-0.05, 0) is 31.0 Å². The number of anilines is 2. The van der Waals surface area contributed by atoms with E-state index in [0.29, 0.717) is 11.7 Å². The van der Waals surface area contributed by atoms with Crippen LogP contribution < -0.4 is 9.62 Å². The van der Waals surface area contributed by atoms with Crippen LogP contribution in [0.1, 0.15) is 18.9 Å². The van der Waals surface area contributed by atoms with Crippen molar-refractivity contribution in [1.29, 1.82) is 0 Å². The van der Waals surface area contributed by atoms with Gasteiger partial charge < -0.3 is 14.5 Å². The van der Waals surface area contributed by atoms with E-state index in [2.05, 4.69) is 34.1 Å². The van der Waals surface area contributed by atoms with Gasteiger partial charge in [0.25, 0.3) is 0 Å². The molecule has 0 unspecified atom stereocenters. The second kappa shape index (κ2) is 6.73. The first-order valence-corrected chi connectivity index (χ1v) is 11.3. The van der Waals surface area contributed by atoms with Crippen LogP contribution in [0, 0.1) is 0 Å². The van der Waals surface area contributed by atoms with E-state index in [1.54, 1.807) is 12.3 Å². The van der Waals surface area contributed by atoms with Crippen molar-refractivity contribution in [1.82, 2.24) is 24.5 Å². The average molecular weight is 411 g/mol. The average Bonchev–Trinajstić information content (AvgIpc) is 3.34. The van der Waals surface area contributed by atoms with Gasteiger partial charge in [0.05, 0.1) is 36.2 Å². The number of imidazole rings is 1. The molecule has 29 heavy (non-hydrogen) atoms. The fourth-order valence-corrected chi connectivity index (χ4v) is 4.58. The van der Waals surface area contributed by atoms with Crippen molar-refractivity contribution >= 4 is 43.6 Å². The van der Waals surface area contributed by atoms with E-state index in [1.807, 2.05) is 30.9 Å². The molecule has 0 bridgehead atoms. The van der Waals surface area contributed by atoms with Gasteiger partial charge in [0.1, 0.15) is 17.0 Å². The first-order chi connectivity index (χ1) is 14.0. The summed E-state index contributed by atoms with van der Waals surface area (Å²) in [6.07, 6.45) is 10.3. The topological polar surface area (TPSA) is 109 Å². The van der Waals surface area contributed by atoms with Crippen molar-refractivity contribution < 1.29 is 8.42 Å². The van der Waals surface area contributed by atoms with Crippen LogP contribution in [0.5, 0.6) is 0 Å². The van der Waals surface area contributed by atoms with Crippen molar-refractivity contribution in [2.75, 3.05) is 29.0 Å². The molecule has 150 valence electrons. The first-order valence-electron chi connectivity index (χ1n) is 9.45. The number of hydrogen-bond acceptors (Lipinski definition) is 6. The molecule has 0 aromatic carbocycles. The van der Waals surface area contributed by atoms with Crippen molar-refractivity contribution in [3.8, 4) is 0 Å². The van der Waals surface area contributed by atoms with Gasteiger partial charge >= 0.3 is 0 Å². The summed E-state index contributed by atoms with van der Waals surface area (Å²) in [6, 6.07) is 6.01. The lowest BCUT2D eigenvalue weighted by Crippen LogP contribution is -2.35. The van der Waals surface area contributed by atoms with Crippen LogP contribution in [0.15, 0.2) is 43.1 Å². The van der Waals surface area contributed by atoms with E-state index >= 15 is 0 Å². The third-order valence-corrected chi connectivity index (χ3v) is 5.96. The highest BCUT2D eigenvalue weighted by molar-refractivity contribution is 7.92. The first kappa shape index (κ1) is 17.9. The zero-order valence-electron chi connectivity index (χ0n) is 15.9. The number of rotatable bonds is 4. The predicted octanol–water partition coefficient (Wildman–Crippen LogP) is 2.52. The van der Waals surface area contributed by atoms with Crippen molar-refractivity contribution in [3.63, 3.8) is 0 Å². The fraction of sp³-hybridized carbons (Fsp3) is 0.316. The highest BCUT2D eigenvalue weighted by atomic mass is 32.2. The smallest absolute Gasteiger partial charge is 0.229 e. The normalized spacial score (nSPS) is 16.0. The summed E-state index contributed by atoms with van der Waals surface area (Å²) in [7, 11) is -3.30. The Labute approximate surface area is 167 Å². The third-order valence-electron chi connectivity index (χ3n) is 5.35. The lowest BCUT2D eigenvalue weighted by atomic mass is 10.0. The quantitative estimate of drug-likeness (QED) is 0.534.